The normalized spacial score (nSPS) is 12.3. The molecule has 10 heteroatoms. The molecule has 34 heavy (non-hydrogen) atoms. The van der Waals surface area contributed by atoms with Crippen molar-refractivity contribution in [3.05, 3.63) is 81.3 Å². The van der Waals surface area contributed by atoms with Gasteiger partial charge in [0.2, 0.25) is 0 Å². The Balaban J connectivity index is 2.07. The average molecular weight is 471 g/mol. The van der Waals surface area contributed by atoms with Gasteiger partial charge in [-0.15, -0.1) is 0 Å². The van der Waals surface area contributed by atoms with E-state index in [9.17, 15) is 27.6 Å². The van der Waals surface area contributed by atoms with Gasteiger partial charge in [0.15, 0.2) is 0 Å². The summed E-state index contributed by atoms with van der Waals surface area (Å²) >= 11 is 0. The highest BCUT2D eigenvalue weighted by Crippen LogP contribution is 2.30. The van der Waals surface area contributed by atoms with Crippen LogP contribution in [0.2, 0.25) is 0 Å². The third-order valence-corrected chi connectivity index (χ3v) is 5.07. The van der Waals surface area contributed by atoms with Gasteiger partial charge in [-0.25, -0.2) is 9.36 Å². The molecule has 0 saturated carbocycles. The molecule has 0 spiro atoms. The number of aromatic nitrogens is 3. The summed E-state index contributed by atoms with van der Waals surface area (Å²) in [5.74, 6) is -0.781. The molecule has 0 atom stereocenters. The van der Waals surface area contributed by atoms with Crippen LogP contribution in [0.4, 0.5) is 13.2 Å². The fourth-order valence-electron chi connectivity index (χ4n) is 3.70. The Morgan fingerprint density at radius 3 is 2.38 bits per heavy atom. The zero-order valence-electron chi connectivity index (χ0n) is 18.5. The zero-order chi connectivity index (χ0) is 24.8. The van der Waals surface area contributed by atoms with Crippen molar-refractivity contribution in [2.75, 3.05) is 0 Å². The van der Waals surface area contributed by atoms with Gasteiger partial charge in [0.05, 0.1) is 28.4 Å². The molecular weight excluding hydrogens is 451 g/mol. The molecule has 0 amide bonds. The minimum atomic E-state index is -4.71. The van der Waals surface area contributed by atoms with Crippen LogP contribution in [0.25, 0.3) is 27.4 Å². The second kappa shape index (κ2) is 8.12. The maximum absolute atomic E-state index is 13.5. The molecule has 2 heterocycles. The lowest BCUT2D eigenvalue weighted by Crippen LogP contribution is -2.41. The van der Waals surface area contributed by atoms with E-state index in [0.717, 1.165) is 21.3 Å². The number of halogens is 3. The predicted molar refractivity (Wildman–Crippen MR) is 120 cm³/mol. The topological polar surface area (TPSA) is 83.2 Å². The monoisotopic (exact) mass is 471 g/mol. The second-order valence-corrected chi connectivity index (χ2v) is 8.71. The third kappa shape index (κ3) is 4.30. The first-order valence-corrected chi connectivity index (χ1v) is 10.3. The fourth-order valence-corrected chi connectivity index (χ4v) is 3.70. The average Bonchev–Trinajstić information content (AvgIpc) is 2.75. The van der Waals surface area contributed by atoms with Crippen molar-refractivity contribution in [1.82, 2.24) is 14.1 Å². The van der Waals surface area contributed by atoms with Crippen LogP contribution in [0.1, 0.15) is 26.3 Å². The van der Waals surface area contributed by atoms with E-state index in [1.54, 1.807) is 45.0 Å². The molecule has 0 aliphatic heterocycles. The number of carbonyl (C=O) groups excluding carboxylic acids is 1. The summed E-state index contributed by atoms with van der Waals surface area (Å²) in [6.07, 6.45) is -1.90. The van der Waals surface area contributed by atoms with Gasteiger partial charge >= 0.3 is 17.8 Å². The molecule has 0 fully saturated rings. The number of esters is 1. The molecule has 4 aromatic rings. The van der Waals surface area contributed by atoms with E-state index in [0.29, 0.717) is 16.8 Å². The van der Waals surface area contributed by atoms with Crippen molar-refractivity contribution in [2.45, 2.75) is 39.1 Å². The van der Waals surface area contributed by atoms with Gasteiger partial charge in [-0.05, 0) is 39.0 Å². The molecule has 2 aromatic carbocycles. The Morgan fingerprint density at radius 2 is 1.71 bits per heavy atom. The highest BCUT2D eigenvalue weighted by molar-refractivity contribution is 5.90. The van der Waals surface area contributed by atoms with Gasteiger partial charge in [0.25, 0.3) is 5.56 Å². The zero-order valence-corrected chi connectivity index (χ0v) is 18.5. The van der Waals surface area contributed by atoms with E-state index < -0.39 is 41.1 Å². The molecule has 7 nitrogen and oxygen atoms in total. The van der Waals surface area contributed by atoms with E-state index in [4.69, 9.17) is 4.74 Å². The summed E-state index contributed by atoms with van der Waals surface area (Å²) in [5, 5.41) is 0.742. The van der Waals surface area contributed by atoms with E-state index >= 15 is 0 Å². The molecule has 4 rings (SSSR count). The van der Waals surface area contributed by atoms with Gasteiger partial charge in [-0.1, -0.05) is 24.3 Å². The second-order valence-electron chi connectivity index (χ2n) is 8.71. The first-order valence-electron chi connectivity index (χ1n) is 10.3. The molecule has 176 valence electrons. The summed E-state index contributed by atoms with van der Waals surface area (Å²) in [6, 6.07) is 9.27. The number of nitrogens with zero attached hydrogens (tertiary/aromatic N) is 3. The summed E-state index contributed by atoms with van der Waals surface area (Å²) < 4.78 is 47.1. The van der Waals surface area contributed by atoms with E-state index in [1.807, 2.05) is 0 Å². The maximum Gasteiger partial charge on any atom is 0.416 e. The molecule has 0 radical (unpaired) electrons. The number of fused-ring (bicyclic) bond motifs is 2. The van der Waals surface area contributed by atoms with Gasteiger partial charge in [0, 0.05) is 17.0 Å². The Morgan fingerprint density at radius 1 is 1.00 bits per heavy atom. The number of alkyl halides is 3. The van der Waals surface area contributed by atoms with Gasteiger partial charge in [0.1, 0.15) is 12.1 Å². The molecule has 0 aliphatic rings. The highest BCUT2D eigenvalue weighted by Gasteiger charge is 2.31. The van der Waals surface area contributed by atoms with Crippen molar-refractivity contribution >= 4 is 27.6 Å². The van der Waals surface area contributed by atoms with Crippen LogP contribution in [0.3, 0.4) is 0 Å². The first-order chi connectivity index (χ1) is 15.9. The van der Waals surface area contributed by atoms with Gasteiger partial charge in [-0.2, -0.15) is 13.2 Å². The number of pyridine rings is 1. The highest BCUT2D eigenvalue weighted by atomic mass is 19.4. The van der Waals surface area contributed by atoms with E-state index in [1.165, 1.54) is 12.4 Å². The van der Waals surface area contributed by atoms with Crippen molar-refractivity contribution in [3.8, 4) is 5.69 Å². The lowest BCUT2D eigenvalue weighted by atomic mass is 10.1. The predicted octanol–water partition coefficient (Wildman–Crippen LogP) is 4.06. The third-order valence-electron chi connectivity index (χ3n) is 5.07. The van der Waals surface area contributed by atoms with Crippen LogP contribution in [0.15, 0.2) is 64.4 Å². The summed E-state index contributed by atoms with van der Waals surface area (Å²) in [7, 11) is 0. The molecular formula is C24H20F3N3O4. The quantitative estimate of drug-likeness (QED) is 0.421. The maximum atomic E-state index is 13.5. The van der Waals surface area contributed by atoms with Crippen molar-refractivity contribution in [3.63, 3.8) is 0 Å². The molecule has 0 N–H and O–H groups in total. The SMILES string of the molecule is CC(C)(C)OC(=O)Cn1c(=O)n(-c2cncc3ccccc23)c(=O)c2cc(C(F)(F)F)ccc21. The summed E-state index contributed by atoms with van der Waals surface area (Å²) in [6.45, 7) is 4.33. The number of carbonyl (C=O) groups is 1. The lowest BCUT2D eigenvalue weighted by Gasteiger charge is -2.21. The molecule has 2 aromatic heterocycles. The molecule has 0 bridgehead atoms. The summed E-state index contributed by atoms with van der Waals surface area (Å²) in [5.41, 5.74) is -3.79. The molecule has 0 unspecified atom stereocenters. The minimum Gasteiger partial charge on any atom is -0.459 e. The van der Waals surface area contributed by atoms with Crippen LogP contribution < -0.4 is 11.2 Å². The number of ether oxygens (including phenoxy) is 1. The van der Waals surface area contributed by atoms with Crippen LogP contribution in [0.5, 0.6) is 0 Å². The van der Waals surface area contributed by atoms with Crippen LogP contribution in [0, 0.1) is 0 Å². The van der Waals surface area contributed by atoms with Crippen LogP contribution >= 0.6 is 0 Å². The Kier molecular flexibility index (Phi) is 5.55. The largest absolute Gasteiger partial charge is 0.459 e. The van der Waals surface area contributed by atoms with Crippen molar-refractivity contribution in [2.24, 2.45) is 0 Å². The van der Waals surface area contributed by atoms with Crippen LogP contribution in [-0.4, -0.2) is 25.7 Å². The fraction of sp³-hybridized carbons (Fsp3) is 0.250. The Bertz CT molecular complexity index is 1540. The van der Waals surface area contributed by atoms with Gasteiger partial charge < -0.3 is 4.74 Å². The van der Waals surface area contributed by atoms with E-state index in [-0.39, 0.29) is 16.6 Å². The number of rotatable bonds is 3. The molecule has 0 aliphatic carbocycles. The number of hydrogen-bond donors (Lipinski definition) is 0. The Hall–Kier alpha value is -3.95. The van der Waals surface area contributed by atoms with Crippen LogP contribution in [-0.2, 0) is 22.3 Å². The Labute approximate surface area is 191 Å². The first kappa shape index (κ1) is 23.2. The smallest absolute Gasteiger partial charge is 0.416 e. The number of benzene rings is 2. The van der Waals surface area contributed by atoms with E-state index in [2.05, 4.69) is 4.98 Å². The standard InChI is InChI=1S/C24H20F3N3O4/c1-23(2,3)34-20(31)13-29-18-9-8-15(24(25,26)27)10-17(18)21(32)30(22(29)33)19-12-28-11-14-6-4-5-7-16(14)19/h4-12H,13H2,1-3H3. The summed E-state index contributed by atoms with van der Waals surface area (Å²) in [4.78, 5) is 43.5. The molecule has 0 saturated heterocycles. The van der Waals surface area contributed by atoms with Crippen molar-refractivity contribution in [1.29, 1.82) is 0 Å². The minimum absolute atomic E-state index is 0.0883. The van der Waals surface area contributed by atoms with Gasteiger partial charge in [-0.3, -0.25) is 19.1 Å². The van der Waals surface area contributed by atoms with Crippen molar-refractivity contribution < 1.29 is 22.7 Å². The number of hydrogen-bond acceptors (Lipinski definition) is 5. The lowest BCUT2D eigenvalue weighted by molar-refractivity contribution is -0.155.